The van der Waals surface area contributed by atoms with Crippen molar-refractivity contribution in [3.8, 4) is 28.7 Å². The fourth-order valence-electron chi connectivity index (χ4n) is 3.75. The maximum atomic E-state index is 9.35. The first-order valence-corrected chi connectivity index (χ1v) is 9.18. The van der Waals surface area contributed by atoms with Gasteiger partial charge in [-0.2, -0.15) is 10.4 Å². The zero-order valence-corrected chi connectivity index (χ0v) is 15.3. The molecule has 27 heavy (non-hydrogen) atoms. The Hall–Kier alpha value is -3.40. The molecule has 0 N–H and O–H groups in total. The minimum atomic E-state index is 0.303. The van der Waals surface area contributed by atoms with E-state index in [4.69, 9.17) is 10.1 Å². The van der Waals surface area contributed by atoms with Crippen molar-refractivity contribution in [3.05, 3.63) is 48.3 Å². The van der Waals surface area contributed by atoms with Crippen LogP contribution in [-0.4, -0.2) is 28.7 Å². The highest BCUT2D eigenvalue weighted by Crippen LogP contribution is 2.35. The molecule has 7 nitrogen and oxygen atoms in total. The molecule has 0 fully saturated rings. The van der Waals surface area contributed by atoms with Gasteiger partial charge in [0.15, 0.2) is 0 Å². The van der Waals surface area contributed by atoms with E-state index >= 15 is 0 Å². The quantitative estimate of drug-likeness (QED) is 0.563. The summed E-state index contributed by atoms with van der Waals surface area (Å²) in [5.41, 5.74) is 5.16. The molecule has 4 aromatic rings. The van der Waals surface area contributed by atoms with Gasteiger partial charge in [-0.3, -0.25) is 9.08 Å². The molecule has 0 aromatic carbocycles. The van der Waals surface area contributed by atoms with Crippen LogP contribution in [0.4, 0.5) is 0 Å². The number of hydrogen-bond acceptors (Lipinski definition) is 4. The van der Waals surface area contributed by atoms with Gasteiger partial charge >= 0.3 is 0 Å². The van der Waals surface area contributed by atoms with Crippen molar-refractivity contribution >= 4 is 5.65 Å². The minimum absolute atomic E-state index is 0.303. The van der Waals surface area contributed by atoms with Crippen molar-refractivity contribution in [1.82, 2.24) is 28.7 Å². The average Bonchev–Trinajstić information content (AvgIpc) is 3.41. The standard InChI is InChI=1S/C20H19N7/c1-13(2)27-9-7-16(24-27)19-20(25-8-3-4-18(25)23-19)14-5-6-17-22-11-15(10-21)26(17)12-14/h5-7,9,11-13H,3-4,8H2,1-2H3. The second kappa shape index (κ2) is 5.81. The first-order chi connectivity index (χ1) is 13.2. The van der Waals surface area contributed by atoms with Crippen LogP contribution in [0.25, 0.3) is 28.3 Å². The molecule has 5 heterocycles. The van der Waals surface area contributed by atoms with Gasteiger partial charge in [-0.15, -0.1) is 0 Å². The van der Waals surface area contributed by atoms with E-state index in [1.165, 1.54) is 0 Å². The highest BCUT2D eigenvalue weighted by molar-refractivity contribution is 5.78. The Morgan fingerprint density at radius 1 is 1.22 bits per heavy atom. The Morgan fingerprint density at radius 3 is 2.89 bits per heavy atom. The number of hydrogen-bond donors (Lipinski definition) is 0. The molecule has 4 aromatic heterocycles. The van der Waals surface area contributed by atoms with Gasteiger partial charge in [0, 0.05) is 37.0 Å². The van der Waals surface area contributed by atoms with Gasteiger partial charge in [-0.05, 0) is 38.5 Å². The van der Waals surface area contributed by atoms with E-state index in [1.54, 1.807) is 6.20 Å². The Kier molecular flexibility index (Phi) is 3.41. The van der Waals surface area contributed by atoms with Crippen molar-refractivity contribution in [3.63, 3.8) is 0 Å². The fourth-order valence-corrected chi connectivity index (χ4v) is 3.75. The predicted molar refractivity (Wildman–Crippen MR) is 101 cm³/mol. The summed E-state index contributed by atoms with van der Waals surface area (Å²) in [5.74, 6) is 1.10. The lowest BCUT2D eigenvalue weighted by Gasteiger charge is -2.09. The second-order valence-electron chi connectivity index (χ2n) is 7.16. The van der Waals surface area contributed by atoms with Gasteiger partial charge < -0.3 is 4.57 Å². The Bertz CT molecular complexity index is 1200. The van der Waals surface area contributed by atoms with Crippen LogP contribution in [0.1, 0.15) is 37.8 Å². The molecule has 134 valence electrons. The Balaban J connectivity index is 1.73. The minimum Gasteiger partial charge on any atom is -0.327 e. The van der Waals surface area contributed by atoms with Crippen molar-refractivity contribution < 1.29 is 0 Å². The summed E-state index contributed by atoms with van der Waals surface area (Å²) in [4.78, 5) is 9.21. The lowest BCUT2D eigenvalue weighted by atomic mass is 10.1. The van der Waals surface area contributed by atoms with Gasteiger partial charge in [-0.25, -0.2) is 9.97 Å². The highest BCUT2D eigenvalue weighted by atomic mass is 15.3. The lowest BCUT2D eigenvalue weighted by molar-refractivity contribution is 0.534. The van der Waals surface area contributed by atoms with E-state index in [9.17, 15) is 5.26 Å². The van der Waals surface area contributed by atoms with Crippen LogP contribution in [0.2, 0.25) is 0 Å². The second-order valence-corrected chi connectivity index (χ2v) is 7.16. The molecule has 0 atom stereocenters. The maximum Gasteiger partial charge on any atom is 0.144 e. The monoisotopic (exact) mass is 357 g/mol. The topological polar surface area (TPSA) is 76.7 Å². The van der Waals surface area contributed by atoms with Crippen molar-refractivity contribution in [2.45, 2.75) is 39.3 Å². The first kappa shape index (κ1) is 15.8. The SMILES string of the molecule is CC(C)n1ccc(-c2nc3n(c2-c2ccc4ncc(C#N)n4c2)CCC3)n1. The number of aromatic nitrogens is 6. The molecule has 0 unspecified atom stereocenters. The molecule has 5 rings (SSSR count). The molecule has 7 heteroatoms. The third-order valence-corrected chi connectivity index (χ3v) is 5.10. The smallest absolute Gasteiger partial charge is 0.144 e. The zero-order chi connectivity index (χ0) is 18.5. The van der Waals surface area contributed by atoms with E-state index in [-0.39, 0.29) is 0 Å². The summed E-state index contributed by atoms with van der Waals surface area (Å²) in [6.45, 7) is 5.18. The third kappa shape index (κ3) is 2.37. The number of rotatable bonds is 3. The molecule has 0 saturated heterocycles. The van der Waals surface area contributed by atoms with Crippen molar-refractivity contribution in [2.75, 3.05) is 0 Å². The molecule has 0 radical (unpaired) electrons. The van der Waals surface area contributed by atoms with Crippen LogP contribution in [0.5, 0.6) is 0 Å². The largest absolute Gasteiger partial charge is 0.327 e. The predicted octanol–water partition coefficient (Wildman–Crippen LogP) is 3.46. The van der Waals surface area contributed by atoms with Crippen LogP contribution in [0.15, 0.2) is 36.8 Å². The molecule has 1 aliphatic heterocycles. The molecule has 0 aliphatic carbocycles. The summed E-state index contributed by atoms with van der Waals surface area (Å²) < 4.78 is 6.07. The van der Waals surface area contributed by atoms with Crippen molar-refractivity contribution in [2.24, 2.45) is 0 Å². The lowest BCUT2D eigenvalue weighted by Crippen LogP contribution is -2.01. The number of imidazole rings is 2. The molecule has 1 aliphatic rings. The summed E-state index contributed by atoms with van der Waals surface area (Å²) in [5, 5.41) is 14.1. The van der Waals surface area contributed by atoms with E-state index in [2.05, 4.69) is 35.5 Å². The van der Waals surface area contributed by atoms with Crippen LogP contribution in [0.3, 0.4) is 0 Å². The third-order valence-electron chi connectivity index (χ3n) is 5.10. The number of nitriles is 1. The number of pyridine rings is 1. The fraction of sp³-hybridized carbons (Fsp3) is 0.300. The Morgan fingerprint density at radius 2 is 2.11 bits per heavy atom. The van der Waals surface area contributed by atoms with Crippen molar-refractivity contribution in [1.29, 1.82) is 5.26 Å². The van der Waals surface area contributed by atoms with Gasteiger partial charge in [0.05, 0.1) is 11.9 Å². The highest BCUT2D eigenvalue weighted by Gasteiger charge is 2.25. The summed E-state index contributed by atoms with van der Waals surface area (Å²) in [7, 11) is 0. The molecule has 0 saturated carbocycles. The van der Waals surface area contributed by atoms with E-state index < -0.39 is 0 Å². The van der Waals surface area contributed by atoms with Gasteiger partial charge in [-0.1, -0.05) is 0 Å². The van der Waals surface area contributed by atoms with E-state index in [0.29, 0.717) is 11.7 Å². The summed E-state index contributed by atoms with van der Waals surface area (Å²) >= 11 is 0. The molecule has 0 amide bonds. The normalized spacial score (nSPS) is 13.4. The van der Waals surface area contributed by atoms with Crippen LogP contribution >= 0.6 is 0 Å². The van der Waals surface area contributed by atoms with E-state index in [0.717, 1.165) is 53.5 Å². The van der Waals surface area contributed by atoms with Crippen LogP contribution in [-0.2, 0) is 13.0 Å². The van der Waals surface area contributed by atoms with Gasteiger partial charge in [0.2, 0.25) is 0 Å². The maximum absolute atomic E-state index is 9.35. The molecule has 0 bridgehead atoms. The Labute approximate surface area is 156 Å². The van der Waals surface area contributed by atoms with Crippen LogP contribution < -0.4 is 0 Å². The molecular weight excluding hydrogens is 338 g/mol. The van der Waals surface area contributed by atoms with Gasteiger partial charge in [0.25, 0.3) is 0 Å². The molecule has 0 spiro atoms. The number of fused-ring (bicyclic) bond motifs is 2. The zero-order valence-electron chi connectivity index (χ0n) is 15.3. The summed E-state index contributed by atoms with van der Waals surface area (Å²) in [6.07, 6.45) is 7.67. The number of aryl methyl sites for hydroxylation is 1. The van der Waals surface area contributed by atoms with E-state index in [1.807, 2.05) is 33.6 Å². The number of nitrogens with zero attached hydrogens (tertiary/aromatic N) is 7. The molecular formula is C20H19N7. The average molecular weight is 357 g/mol. The summed E-state index contributed by atoms with van der Waals surface area (Å²) in [6, 6.07) is 8.52. The van der Waals surface area contributed by atoms with Gasteiger partial charge in [0.1, 0.15) is 34.6 Å². The first-order valence-electron chi connectivity index (χ1n) is 9.18. The van der Waals surface area contributed by atoms with Crippen LogP contribution in [0, 0.1) is 11.3 Å².